The van der Waals surface area contributed by atoms with Gasteiger partial charge < -0.3 is 5.11 Å². The maximum atomic E-state index is 9.02. The van der Waals surface area contributed by atoms with Gasteiger partial charge in [0.1, 0.15) is 6.35 Å². The van der Waals surface area contributed by atoms with Gasteiger partial charge in [-0.15, -0.1) is 0 Å². The highest BCUT2D eigenvalue weighted by Crippen LogP contribution is 1.79. The Hall–Kier alpha value is 0.0600. The summed E-state index contributed by atoms with van der Waals surface area (Å²) >= 11 is 0. The summed E-state index contributed by atoms with van der Waals surface area (Å²) in [5.74, 6) is 0. The van der Waals surface area contributed by atoms with Crippen LogP contribution >= 0.6 is 8.46 Å². The summed E-state index contributed by atoms with van der Waals surface area (Å²) in [6.07, 6.45) is -0.264. The molecule has 0 atom stereocenters. The van der Waals surface area contributed by atoms with E-state index in [1.807, 2.05) is 0 Å². The molecule has 3 heteroatoms. The monoisotopic (exact) mass is 78.0 g/mol. The van der Waals surface area contributed by atoms with Crippen LogP contribution in [0.25, 0.3) is 0 Å². The van der Waals surface area contributed by atoms with Crippen molar-refractivity contribution in [1.29, 1.82) is 0 Å². The molecule has 0 radical (unpaired) electrons. The van der Waals surface area contributed by atoms with Crippen molar-refractivity contribution >= 4 is 8.46 Å². The summed E-state index contributed by atoms with van der Waals surface area (Å²) in [5, 5.41) is 7.55. The molecule has 0 saturated heterocycles. The lowest BCUT2D eigenvalue weighted by Gasteiger charge is -1.52. The van der Waals surface area contributed by atoms with E-state index in [-0.39, 0.29) is 14.8 Å². The number of hydrogen-bond donors (Lipinski definition) is 1. The fourth-order valence-electron chi connectivity index (χ4n) is 0. The molecule has 0 saturated carbocycles. The Labute approximate surface area is 25.7 Å². The van der Waals surface area contributed by atoms with E-state index in [1.54, 1.807) is 0 Å². The van der Waals surface area contributed by atoms with E-state index in [0.29, 0.717) is 0 Å². The lowest BCUT2D eigenvalue weighted by molar-refractivity contribution is 0.366. The first-order chi connectivity index (χ1) is 1.91. The van der Waals surface area contributed by atoms with Gasteiger partial charge in [0, 0.05) is 0 Å². The second kappa shape index (κ2) is 3.06. The second-order valence-electron chi connectivity index (χ2n) is 0.271. The Morgan fingerprint density at radius 2 is 2.25 bits per heavy atom. The Bertz CT molecular complexity index is 20.0. The van der Waals surface area contributed by atoms with Crippen molar-refractivity contribution < 1.29 is 9.67 Å². The number of rotatable bonds is 1. The zero-order valence-corrected chi connectivity index (χ0v) is 2.90. The quantitative estimate of drug-likeness (QED) is 0.456. The number of aliphatic hydroxyl groups excluding tert-OH is 1. The van der Waals surface area contributed by atoms with E-state index in [9.17, 15) is 0 Å². The summed E-state index contributed by atoms with van der Waals surface area (Å²) in [4.78, 5) is 0. The van der Waals surface area contributed by atoms with Crippen molar-refractivity contribution in [2.75, 3.05) is 6.35 Å². The SMILES string of the molecule is O=PCO. The maximum absolute atomic E-state index is 9.02. The van der Waals surface area contributed by atoms with Crippen LogP contribution < -0.4 is 0 Å². The van der Waals surface area contributed by atoms with E-state index in [2.05, 4.69) is 0 Å². The van der Waals surface area contributed by atoms with E-state index in [1.165, 1.54) is 0 Å². The van der Waals surface area contributed by atoms with E-state index >= 15 is 0 Å². The molecule has 0 aliphatic rings. The average Bonchev–Trinajstić information content (AvgIpc) is 1.37. The highest BCUT2D eigenvalue weighted by molar-refractivity contribution is 7.23. The smallest absolute Gasteiger partial charge is 0.183 e. The molecule has 4 heavy (non-hydrogen) atoms. The molecule has 2 nitrogen and oxygen atoms in total. The van der Waals surface area contributed by atoms with Crippen LogP contribution in [0.3, 0.4) is 0 Å². The summed E-state index contributed by atoms with van der Waals surface area (Å²) in [5.41, 5.74) is 0. The standard InChI is InChI=1S/CH3O2P/c2-1-4-3/h2H,1H2. The van der Waals surface area contributed by atoms with Crippen molar-refractivity contribution in [1.82, 2.24) is 0 Å². The number of hydrogen-bond acceptors (Lipinski definition) is 2. The van der Waals surface area contributed by atoms with Gasteiger partial charge in [0.05, 0.1) is 0 Å². The van der Waals surface area contributed by atoms with Crippen LogP contribution in [0.4, 0.5) is 0 Å². The first-order valence-electron chi connectivity index (χ1n) is 0.815. The fraction of sp³-hybridized carbons (Fsp3) is 1.00. The van der Waals surface area contributed by atoms with Gasteiger partial charge >= 0.3 is 0 Å². The minimum absolute atomic E-state index is 0.196. The summed E-state index contributed by atoms with van der Waals surface area (Å²) in [7, 11) is -0.196. The van der Waals surface area contributed by atoms with Gasteiger partial charge in [0.15, 0.2) is 8.46 Å². The minimum Gasteiger partial charge on any atom is -0.384 e. The third-order valence-corrected chi connectivity index (χ3v) is 0.173. The first kappa shape index (κ1) is 4.06. The molecule has 0 rings (SSSR count). The molecule has 0 aliphatic heterocycles. The molecule has 0 aliphatic carbocycles. The molecule has 0 amide bonds. The fourth-order valence-corrected chi connectivity index (χ4v) is 0. The maximum Gasteiger partial charge on any atom is 0.183 e. The zero-order chi connectivity index (χ0) is 3.41. The largest absolute Gasteiger partial charge is 0.384 e. The molecular formula is CH3O2P. The molecule has 0 bridgehead atoms. The lowest BCUT2D eigenvalue weighted by Crippen LogP contribution is -1.51. The second-order valence-corrected chi connectivity index (χ2v) is 0.812. The third kappa shape index (κ3) is 2.06. The summed E-state index contributed by atoms with van der Waals surface area (Å²) in [6.45, 7) is 0. The number of aliphatic hydroxyl groups is 1. The lowest BCUT2D eigenvalue weighted by atomic mass is 11.7. The van der Waals surface area contributed by atoms with Crippen LogP contribution in [0.1, 0.15) is 0 Å². The van der Waals surface area contributed by atoms with Crippen molar-refractivity contribution in [2.45, 2.75) is 0 Å². The molecule has 0 aromatic rings. The van der Waals surface area contributed by atoms with Gasteiger partial charge in [0.2, 0.25) is 0 Å². The Morgan fingerprint density at radius 3 is 2.25 bits per heavy atom. The topological polar surface area (TPSA) is 37.3 Å². The van der Waals surface area contributed by atoms with Crippen LogP contribution in [-0.2, 0) is 4.57 Å². The van der Waals surface area contributed by atoms with Crippen LogP contribution in [0.2, 0.25) is 0 Å². The van der Waals surface area contributed by atoms with Crippen LogP contribution in [0.5, 0.6) is 0 Å². The van der Waals surface area contributed by atoms with Gasteiger partial charge in [-0.3, -0.25) is 4.57 Å². The molecule has 0 heterocycles. The molecule has 0 spiro atoms. The highest BCUT2D eigenvalue weighted by Gasteiger charge is 1.55. The summed E-state index contributed by atoms with van der Waals surface area (Å²) in [6, 6.07) is 0. The average molecular weight is 78.0 g/mol. The Balaban J connectivity index is 2.30. The zero-order valence-electron chi connectivity index (χ0n) is 2.01. The van der Waals surface area contributed by atoms with Crippen LogP contribution in [-0.4, -0.2) is 11.5 Å². The van der Waals surface area contributed by atoms with Crippen molar-refractivity contribution in [3.63, 3.8) is 0 Å². The van der Waals surface area contributed by atoms with Gasteiger partial charge in [-0.25, -0.2) is 0 Å². The van der Waals surface area contributed by atoms with Crippen LogP contribution in [0, 0.1) is 0 Å². The van der Waals surface area contributed by atoms with E-state index in [0.717, 1.165) is 0 Å². The Morgan fingerprint density at radius 1 is 2.00 bits per heavy atom. The third-order valence-electron chi connectivity index (χ3n) is 0.0577. The summed E-state index contributed by atoms with van der Waals surface area (Å²) < 4.78 is 9.02. The van der Waals surface area contributed by atoms with Gasteiger partial charge in [-0.2, -0.15) is 0 Å². The molecule has 0 unspecified atom stereocenters. The molecule has 0 aromatic heterocycles. The predicted molar refractivity (Wildman–Crippen MR) is 14.7 cm³/mol. The van der Waals surface area contributed by atoms with Crippen molar-refractivity contribution in [3.05, 3.63) is 0 Å². The van der Waals surface area contributed by atoms with Crippen molar-refractivity contribution in [2.24, 2.45) is 0 Å². The minimum atomic E-state index is -0.264. The molecule has 1 N–H and O–H groups in total. The van der Waals surface area contributed by atoms with Gasteiger partial charge in [-0.1, -0.05) is 0 Å². The molecular weight excluding hydrogens is 75.0 g/mol. The first-order valence-corrected chi connectivity index (χ1v) is 1.81. The molecule has 24 valence electrons. The van der Waals surface area contributed by atoms with E-state index < -0.39 is 0 Å². The van der Waals surface area contributed by atoms with Gasteiger partial charge in [-0.05, 0) is 0 Å². The molecule has 0 fully saturated rings. The van der Waals surface area contributed by atoms with Gasteiger partial charge in [0.25, 0.3) is 0 Å². The Kier molecular flexibility index (Phi) is 3.11. The predicted octanol–water partition coefficient (Wildman–Crippen LogP) is 0.228. The van der Waals surface area contributed by atoms with E-state index in [4.69, 9.17) is 9.67 Å². The molecule has 0 aromatic carbocycles. The van der Waals surface area contributed by atoms with Crippen LogP contribution in [0.15, 0.2) is 0 Å². The van der Waals surface area contributed by atoms with Crippen molar-refractivity contribution in [3.8, 4) is 0 Å². The normalized spacial score (nSPS) is 8.25. The highest BCUT2D eigenvalue weighted by atomic mass is 31.1.